The van der Waals surface area contributed by atoms with E-state index in [1.165, 1.54) is 0 Å². The van der Waals surface area contributed by atoms with Gasteiger partial charge in [0.05, 0.1) is 12.5 Å². The van der Waals surface area contributed by atoms with Crippen LogP contribution in [0.1, 0.15) is 54.4 Å². The van der Waals surface area contributed by atoms with Gasteiger partial charge in [0.25, 0.3) is 0 Å². The fraction of sp³-hybridized carbons (Fsp3) is 0.923. The summed E-state index contributed by atoms with van der Waals surface area (Å²) in [5.41, 5.74) is 0.0382. The zero-order valence-corrected chi connectivity index (χ0v) is 11.1. The van der Waals surface area contributed by atoms with Gasteiger partial charge in [-0.3, -0.25) is 4.79 Å². The van der Waals surface area contributed by atoms with Crippen molar-refractivity contribution >= 4 is 5.97 Å². The Labute approximate surface area is 94.4 Å². The number of carbonyl (C=O) groups excluding carboxylic acids is 1. The van der Waals surface area contributed by atoms with Gasteiger partial charge in [-0.25, -0.2) is 0 Å². The first kappa shape index (κ1) is 14.5. The molecule has 2 nitrogen and oxygen atoms in total. The highest BCUT2D eigenvalue weighted by Crippen LogP contribution is 2.35. The van der Waals surface area contributed by atoms with Gasteiger partial charge >= 0.3 is 5.97 Å². The van der Waals surface area contributed by atoms with Crippen molar-refractivity contribution in [1.29, 1.82) is 0 Å². The van der Waals surface area contributed by atoms with Crippen molar-refractivity contribution in [3.63, 3.8) is 0 Å². The van der Waals surface area contributed by atoms with Crippen LogP contribution < -0.4 is 0 Å². The lowest BCUT2D eigenvalue weighted by Crippen LogP contribution is -2.33. The molecule has 0 bridgehead atoms. The summed E-state index contributed by atoms with van der Waals surface area (Å²) < 4.78 is 5.15. The zero-order chi connectivity index (χ0) is 12.1. The van der Waals surface area contributed by atoms with Gasteiger partial charge in [-0.05, 0) is 24.7 Å². The predicted molar refractivity (Wildman–Crippen MR) is 63.7 cm³/mol. The molecule has 0 saturated heterocycles. The third kappa shape index (κ3) is 4.67. The van der Waals surface area contributed by atoms with Gasteiger partial charge in [-0.2, -0.15) is 0 Å². The molecule has 0 aromatic rings. The van der Waals surface area contributed by atoms with Crippen LogP contribution in [0.25, 0.3) is 0 Å². The highest BCUT2D eigenvalue weighted by Gasteiger charge is 2.35. The highest BCUT2D eigenvalue weighted by atomic mass is 16.5. The predicted octanol–water partition coefficient (Wildman–Crippen LogP) is 3.65. The molecule has 90 valence electrons. The van der Waals surface area contributed by atoms with Gasteiger partial charge in [0.2, 0.25) is 0 Å². The molecule has 0 aromatic carbocycles. The average Bonchev–Trinajstić information content (AvgIpc) is 2.14. The molecule has 0 radical (unpaired) electrons. The van der Waals surface area contributed by atoms with Crippen LogP contribution in [-0.4, -0.2) is 12.6 Å². The summed E-state index contributed by atoms with van der Waals surface area (Å²) in [5.74, 6) is 0.533. The monoisotopic (exact) mass is 214 g/mol. The number of rotatable bonds is 6. The highest BCUT2D eigenvalue weighted by molar-refractivity contribution is 5.73. The van der Waals surface area contributed by atoms with Crippen LogP contribution in [0.5, 0.6) is 0 Å². The first-order valence-corrected chi connectivity index (χ1v) is 6.01. The Bertz CT molecular complexity index is 195. The van der Waals surface area contributed by atoms with E-state index in [9.17, 15) is 4.79 Å². The van der Waals surface area contributed by atoms with E-state index in [1.807, 2.05) is 6.92 Å². The van der Waals surface area contributed by atoms with Crippen molar-refractivity contribution in [1.82, 2.24) is 0 Å². The molecule has 0 heterocycles. The van der Waals surface area contributed by atoms with Crippen molar-refractivity contribution in [3.05, 3.63) is 0 Å². The van der Waals surface area contributed by atoms with E-state index in [-0.39, 0.29) is 17.3 Å². The largest absolute Gasteiger partial charge is 0.466 e. The van der Waals surface area contributed by atoms with Crippen molar-refractivity contribution in [2.24, 2.45) is 17.3 Å². The third-order valence-electron chi connectivity index (χ3n) is 3.13. The van der Waals surface area contributed by atoms with E-state index in [4.69, 9.17) is 4.74 Å². The number of hydrogen-bond donors (Lipinski definition) is 0. The summed E-state index contributed by atoms with van der Waals surface area (Å²) in [4.78, 5) is 11.9. The maximum atomic E-state index is 11.9. The maximum Gasteiger partial charge on any atom is 0.309 e. The molecule has 0 aliphatic rings. The SMILES string of the molecule is CCOC(=O)C(CC(C)C)C(C)(C)CC. The molecule has 0 rings (SSSR count). The molecular weight excluding hydrogens is 188 g/mol. The van der Waals surface area contributed by atoms with Crippen molar-refractivity contribution in [2.45, 2.75) is 54.4 Å². The molecule has 1 atom stereocenters. The molecule has 0 aliphatic heterocycles. The van der Waals surface area contributed by atoms with Gasteiger partial charge in [-0.15, -0.1) is 0 Å². The molecule has 0 N–H and O–H groups in total. The van der Waals surface area contributed by atoms with E-state index in [0.717, 1.165) is 12.8 Å². The van der Waals surface area contributed by atoms with Crippen molar-refractivity contribution < 1.29 is 9.53 Å². The van der Waals surface area contributed by atoms with Crippen LogP contribution in [0.2, 0.25) is 0 Å². The minimum absolute atomic E-state index is 0.0296. The van der Waals surface area contributed by atoms with Crippen LogP contribution in [0.3, 0.4) is 0 Å². The van der Waals surface area contributed by atoms with E-state index >= 15 is 0 Å². The van der Waals surface area contributed by atoms with Gasteiger partial charge in [0.1, 0.15) is 0 Å². The Morgan fingerprint density at radius 3 is 2.13 bits per heavy atom. The average molecular weight is 214 g/mol. The first-order valence-electron chi connectivity index (χ1n) is 6.01. The minimum atomic E-state index is -0.0296. The van der Waals surface area contributed by atoms with Crippen LogP contribution >= 0.6 is 0 Å². The second kappa shape index (κ2) is 6.14. The topological polar surface area (TPSA) is 26.3 Å². The molecule has 0 spiro atoms. The lowest BCUT2D eigenvalue weighted by Gasteiger charge is -2.32. The van der Waals surface area contributed by atoms with Gasteiger partial charge < -0.3 is 4.74 Å². The lowest BCUT2D eigenvalue weighted by atomic mass is 9.73. The molecule has 0 amide bonds. The van der Waals surface area contributed by atoms with Gasteiger partial charge in [0, 0.05) is 0 Å². The van der Waals surface area contributed by atoms with Crippen LogP contribution in [-0.2, 0) is 9.53 Å². The molecule has 1 unspecified atom stereocenters. The Morgan fingerprint density at radius 2 is 1.80 bits per heavy atom. The number of ether oxygens (including phenoxy) is 1. The smallest absolute Gasteiger partial charge is 0.309 e. The van der Waals surface area contributed by atoms with Crippen molar-refractivity contribution in [3.8, 4) is 0 Å². The lowest BCUT2D eigenvalue weighted by molar-refractivity contribution is -0.153. The van der Waals surface area contributed by atoms with Crippen LogP contribution in [0, 0.1) is 17.3 Å². The number of carbonyl (C=O) groups is 1. The molecule has 0 aliphatic carbocycles. The molecule has 0 aromatic heterocycles. The van der Waals surface area contributed by atoms with E-state index < -0.39 is 0 Å². The van der Waals surface area contributed by atoms with Crippen LogP contribution in [0.15, 0.2) is 0 Å². The summed E-state index contributed by atoms with van der Waals surface area (Å²) in [6, 6.07) is 0. The molecule has 0 fully saturated rings. The summed E-state index contributed by atoms with van der Waals surface area (Å²) in [6.07, 6.45) is 1.92. The standard InChI is InChI=1S/C13H26O2/c1-7-13(5,6)11(9-10(3)4)12(14)15-8-2/h10-11H,7-9H2,1-6H3. The summed E-state index contributed by atoms with van der Waals surface area (Å²) in [6.45, 7) is 13.1. The van der Waals surface area contributed by atoms with Crippen LogP contribution in [0.4, 0.5) is 0 Å². The van der Waals surface area contributed by atoms with E-state index in [1.54, 1.807) is 0 Å². The summed E-state index contributed by atoms with van der Waals surface area (Å²) in [5, 5.41) is 0. The van der Waals surface area contributed by atoms with Crippen molar-refractivity contribution in [2.75, 3.05) is 6.61 Å². The molecule has 0 saturated carbocycles. The molecular formula is C13H26O2. The Hall–Kier alpha value is -0.530. The quantitative estimate of drug-likeness (QED) is 0.631. The molecule has 15 heavy (non-hydrogen) atoms. The second-order valence-corrected chi connectivity index (χ2v) is 5.28. The summed E-state index contributed by atoms with van der Waals surface area (Å²) >= 11 is 0. The number of esters is 1. The fourth-order valence-corrected chi connectivity index (χ4v) is 1.69. The second-order valence-electron chi connectivity index (χ2n) is 5.28. The van der Waals surface area contributed by atoms with Gasteiger partial charge in [-0.1, -0.05) is 41.0 Å². The Kier molecular flexibility index (Phi) is 5.92. The normalized spacial score (nSPS) is 14.1. The summed E-state index contributed by atoms with van der Waals surface area (Å²) in [7, 11) is 0. The van der Waals surface area contributed by atoms with E-state index in [0.29, 0.717) is 12.5 Å². The fourth-order valence-electron chi connectivity index (χ4n) is 1.69. The van der Waals surface area contributed by atoms with E-state index in [2.05, 4.69) is 34.6 Å². The molecule has 2 heteroatoms. The first-order chi connectivity index (χ1) is 6.85. The van der Waals surface area contributed by atoms with Gasteiger partial charge in [0.15, 0.2) is 0 Å². The third-order valence-corrected chi connectivity index (χ3v) is 3.13. The maximum absolute atomic E-state index is 11.9. The Morgan fingerprint density at radius 1 is 1.27 bits per heavy atom. The minimum Gasteiger partial charge on any atom is -0.466 e. The zero-order valence-electron chi connectivity index (χ0n) is 11.1. The number of hydrogen-bond acceptors (Lipinski definition) is 2. The Balaban J connectivity index is 4.64.